The van der Waals surface area contributed by atoms with Crippen molar-refractivity contribution in [3.63, 3.8) is 0 Å². The molecule has 1 saturated heterocycles. The van der Waals surface area contributed by atoms with Crippen molar-refractivity contribution in [1.29, 1.82) is 0 Å². The van der Waals surface area contributed by atoms with Gasteiger partial charge in [-0.05, 0) is 59.8 Å². The zero-order valence-corrected chi connectivity index (χ0v) is 21.5. The van der Waals surface area contributed by atoms with Crippen LogP contribution >= 0.6 is 45.8 Å². The number of carbonyl (C=O) groups is 1. The van der Waals surface area contributed by atoms with Gasteiger partial charge in [-0.3, -0.25) is 10.2 Å². The van der Waals surface area contributed by atoms with Crippen molar-refractivity contribution in [3.8, 4) is 16.9 Å². The molecule has 1 aliphatic rings. The fourth-order valence-electron chi connectivity index (χ4n) is 3.51. The highest BCUT2D eigenvalue weighted by atomic mass is 127. The van der Waals surface area contributed by atoms with Gasteiger partial charge in [-0.25, -0.2) is 18.1 Å². The van der Waals surface area contributed by atoms with Gasteiger partial charge in [0.05, 0.1) is 27.9 Å². The van der Waals surface area contributed by atoms with E-state index < -0.39 is 15.7 Å². The van der Waals surface area contributed by atoms with Gasteiger partial charge in [-0.1, -0.05) is 35.3 Å². The predicted octanol–water partition coefficient (Wildman–Crippen LogP) is 4.13. The molecule has 168 valence electrons. The Morgan fingerprint density at radius 1 is 1.09 bits per heavy atom. The molecule has 0 aliphatic carbocycles. The van der Waals surface area contributed by atoms with Gasteiger partial charge in [-0.2, -0.15) is 5.10 Å². The van der Waals surface area contributed by atoms with Crippen molar-refractivity contribution in [3.05, 3.63) is 67.3 Å². The summed E-state index contributed by atoms with van der Waals surface area (Å²) in [5.41, 5.74) is 5.91. The zero-order valence-electron chi connectivity index (χ0n) is 17.0. The molecule has 7 nitrogen and oxygen atoms in total. The first kappa shape index (κ1) is 23.5. The minimum Gasteiger partial charge on any atom is -0.283 e. The van der Waals surface area contributed by atoms with Crippen molar-refractivity contribution in [2.75, 3.05) is 24.6 Å². The molecule has 1 fully saturated rings. The minimum absolute atomic E-state index is 0.00891. The van der Waals surface area contributed by atoms with E-state index in [0.717, 1.165) is 14.8 Å². The average molecular weight is 605 g/mol. The molecule has 0 spiro atoms. The molecule has 0 radical (unpaired) electrons. The summed E-state index contributed by atoms with van der Waals surface area (Å²) in [5.74, 6) is -0.387. The van der Waals surface area contributed by atoms with E-state index in [1.54, 1.807) is 27.9 Å². The molecule has 1 aromatic heterocycles. The number of benzene rings is 2. The normalized spacial score (nSPS) is 16.1. The van der Waals surface area contributed by atoms with Gasteiger partial charge in [0.15, 0.2) is 15.5 Å². The maximum atomic E-state index is 13.1. The first-order valence-electron chi connectivity index (χ1n) is 9.72. The number of hydrazine groups is 1. The molecule has 3 aromatic rings. The molecule has 0 bridgehead atoms. The molecule has 1 amide bonds. The van der Waals surface area contributed by atoms with Gasteiger partial charge in [0, 0.05) is 32.8 Å². The van der Waals surface area contributed by atoms with Gasteiger partial charge in [0.25, 0.3) is 5.91 Å². The lowest BCUT2D eigenvalue weighted by Crippen LogP contribution is -2.50. The van der Waals surface area contributed by atoms with Gasteiger partial charge in [0.1, 0.15) is 0 Å². The molecule has 32 heavy (non-hydrogen) atoms. The summed E-state index contributed by atoms with van der Waals surface area (Å²) >= 11 is 14.8. The highest BCUT2D eigenvalue weighted by Gasteiger charge is 2.27. The highest BCUT2D eigenvalue weighted by molar-refractivity contribution is 14.1. The van der Waals surface area contributed by atoms with Gasteiger partial charge in [-0.15, -0.1) is 0 Å². The smallest absolute Gasteiger partial charge is 0.283 e. The first-order chi connectivity index (χ1) is 15.1. The Labute approximate surface area is 209 Å². The molecule has 1 aliphatic heterocycles. The summed E-state index contributed by atoms with van der Waals surface area (Å²) in [6, 6.07) is 13.0. The van der Waals surface area contributed by atoms with Crippen molar-refractivity contribution in [2.45, 2.75) is 6.92 Å². The monoisotopic (exact) mass is 604 g/mol. The second-order valence-electron chi connectivity index (χ2n) is 7.42. The first-order valence-corrected chi connectivity index (χ1v) is 13.4. The summed E-state index contributed by atoms with van der Waals surface area (Å²) < 4.78 is 26.1. The van der Waals surface area contributed by atoms with Crippen LogP contribution in [0, 0.1) is 10.5 Å². The molecular weight excluding hydrogens is 586 g/mol. The third-order valence-corrected chi connectivity index (χ3v) is 8.06. The second kappa shape index (κ2) is 9.30. The standard InChI is InChI=1S/C21H19Cl2IN4O3S/c1-13-19(21(29)26-27-8-10-32(30,31)11-9-27)25-28(18-7-4-15(22)12-17(18)23)20(13)14-2-5-16(24)6-3-14/h2-7,12H,8-11H2,1H3,(H,26,29). The Hall–Kier alpha value is -1.66. The highest BCUT2D eigenvalue weighted by Crippen LogP contribution is 2.33. The number of sulfone groups is 1. The lowest BCUT2D eigenvalue weighted by atomic mass is 10.1. The van der Waals surface area contributed by atoms with Crippen molar-refractivity contribution in [1.82, 2.24) is 20.2 Å². The van der Waals surface area contributed by atoms with E-state index in [1.165, 1.54) is 0 Å². The van der Waals surface area contributed by atoms with E-state index in [9.17, 15) is 13.2 Å². The molecule has 11 heteroatoms. The van der Waals surface area contributed by atoms with Crippen LogP contribution < -0.4 is 5.43 Å². The third-order valence-electron chi connectivity index (χ3n) is 5.20. The fraction of sp³-hybridized carbons (Fsp3) is 0.238. The summed E-state index contributed by atoms with van der Waals surface area (Å²) in [6.45, 7) is 2.30. The van der Waals surface area contributed by atoms with E-state index in [1.807, 2.05) is 31.2 Å². The van der Waals surface area contributed by atoms with Gasteiger partial charge < -0.3 is 0 Å². The topological polar surface area (TPSA) is 84.3 Å². The largest absolute Gasteiger partial charge is 0.286 e. The number of nitrogens with zero attached hydrogens (tertiary/aromatic N) is 3. The van der Waals surface area contributed by atoms with Crippen molar-refractivity contribution in [2.24, 2.45) is 0 Å². The van der Waals surface area contributed by atoms with E-state index >= 15 is 0 Å². The van der Waals surface area contributed by atoms with E-state index in [0.29, 0.717) is 21.3 Å². The Morgan fingerprint density at radius 2 is 1.75 bits per heavy atom. The molecule has 4 rings (SSSR count). The lowest BCUT2D eigenvalue weighted by molar-refractivity contribution is 0.0795. The zero-order chi connectivity index (χ0) is 23.0. The molecule has 1 N–H and O–H groups in total. The predicted molar refractivity (Wildman–Crippen MR) is 134 cm³/mol. The molecule has 2 aromatic carbocycles. The number of carbonyl (C=O) groups excluding carboxylic acids is 1. The van der Waals surface area contributed by atoms with Crippen LogP contribution in [0.25, 0.3) is 16.9 Å². The van der Waals surface area contributed by atoms with Crippen LogP contribution in [0.1, 0.15) is 16.1 Å². The summed E-state index contributed by atoms with van der Waals surface area (Å²) in [6.07, 6.45) is 0. The number of hydrogen-bond donors (Lipinski definition) is 1. The Bertz CT molecular complexity index is 1280. The Kier molecular flexibility index (Phi) is 6.83. The summed E-state index contributed by atoms with van der Waals surface area (Å²) in [5, 5.41) is 7.11. The van der Waals surface area contributed by atoms with Crippen LogP contribution in [0.3, 0.4) is 0 Å². The number of nitrogens with one attached hydrogen (secondary N) is 1. The Balaban J connectivity index is 1.75. The molecular formula is C21H19Cl2IN4O3S. The maximum absolute atomic E-state index is 13.1. The van der Waals surface area contributed by atoms with E-state index in [2.05, 4.69) is 33.1 Å². The van der Waals surface area contributed by atoms with Crippen LogP contribution in [-0.2, 0) is 9.84 Å². The van der Waals surface area contributed by atoms with Crippen molar-refractivity contribution < 1.29 is 13.2 Å². The van der Waals surface area contributed by atoms with Crippen LogP contribution in [0.2, 0.25) is 10.0 Å². The molecule has 0 atom stereocenters. The van der Waals surface area contributed by atoms with Crippen LogP contribution in [0.4, 0.5) is 0 Å². The summed E-state index contributed by atoms with van der Waals surface area (Å²) in [7, 11) is -3.05. The van der Waals surface area contributed by atoms with Crippen LogP contribution in [0.5, 0.6) is 0 Å². The molecule has 2 heterocycles. The number of halogens is 3. The van der Waals surface area contributed by atoms with Crippen LogP contribution in [0.15, 0.2) is 42.5 Å². The second-order valence-corrected chi connectivity index (χ2v) is 11.8. The van der Waals surface area contributed by atoms with Crippen molar-refractivity contribution >= 4 is 61.5 Å². The summed E-state index contributed by atoms with van der Waals surface area (Å²) in [4.78, 5) is 13.1. The number of hydrogen-bond acceptors (Lipinski definition) is 5. The van der Waals surface area contributed by atoms with Crippen LogP contribution in [-0.4, -0.2) is 53.7 Å². The number of aromatic nitrogens is 2. The quantitative estimate of drug-likeness (QED) is 0.453. The van der Waals surface area contributed by atoms with Gasteiger partial charge >= 0.3 is 0 Å². The van der Waals surface area contributed by atoms with Gasteiger partial charge in [0.2, 0.25) is 0 Å². The number of rotatable bonds is 4. The van der Waals surface area contributed by atoms with E-state index in [4.69, 9.17) is 23.2 Å². The SMILES string of the molecule is Cc1c(C(=O)NN2CCS(=O)(=O)CC2)nn(-c2ccc(Cl)cc2Cl)c1-c1ccc(I)cc1. The number of amides is 1. The minimum atomic E-state index is -3.05. The van der Waals surface area contributed by atoms with E-state index in [-0.39, 0.29) is 30.3 Å². The maximum Gasteiger partial charge on any atom is 0.286 e. The molecule has 0 unspecified atom stereocenters. The Morgan fingerprint density at radius 3 is 2.38 bits per heavy atom. The fourth-order valence-corrected chi connectivity index (χ4v) is 5.56. The third kappa shape index (κ3) is 4.96. The molecule has 0 saturated carbocycles. The lowest BCUT2D eigenvalue weighted by Gasteiger charge is -2.26. The average Bonchev–Trinajstić information content (AvgIpc) is 3.07.